The zero-order valence-corrected chi connectivity index (χ0v) is 16.4. The number of likely N-dealkylation sites (N-methyl/N-ethyl adjacent to an activating group) is 1. The molecule has 1 amide bonds. The highest BCUT2D eigenvalue weighted by atomic mass is 35.5. The molecule has 0 aromatic carbocycles. The molecule has 1 heterocycles. The van der Waals surface area contributed by atoms with Crippen molar-refractivity contribution in [3.8, 4) is 0 Å². The maximum absolute atomic E-state index is 12.2. The minimum absolute atomic E-state index is 0. The van der Waals surface area contributed by atoms with Crippen molar-refractivity contribution < 1.29 is 14.7 Å². The first kappa shape index (κ1) is 22.2. The molecular weight excluding hydrogens is 342 g/mol. The van der Waals surface area contributed by atoms with Gasteiger partial charge in [0.2, 0.25) is 5.91 Å². The zero-order valence-electron chi connectivity index (χ0n) is 15.6. The van der Waals surface area contributed by atoms with E-state index in [4.69, 9.17) is 5.11 Å². The van der Waals surface area contributed by atoms with Crippen molar-refractivity contribution in [2.24, 2.45) is 5.92 Å². The van der Waals surface area contributed by atoms with E-state index in [1.165, 1.54) is 12.8 Å². The number of carbonyl (C=O) groups excluding carboxylic acids is 1. The third-order valence-electron chi connectivity index (χ3n) is 5.57. The Morgan fingerprint density at radius 2 is 1.72 bits per heavy atom. The van der Waals surface area contributed by atoms with E-state index in [0.717, 1.165) is 51.2 Å². The van der Waals surface area contributed by atoms with Gasteiger partial charge in [0.25, 0.3) is 0 Å². The van der Waals surface area contributed by atoms with Crippen molar-refractivity contribution in [3.63, 3.8) is 0 Å². The fourth-order valence-corrected chi connectivity index (χ4v) is 4.00. The second-order valence-electron chi connectivity index (χ2n) is 7.49. The van der Waals surface area contributed by atoms with Crippen LogP contribution in [0.1, 0.15) is 52.4 Å². The van der Waals surface area contributed by atoms with Crippen LogP contribution in [-0.4, -0.2) is 71.6 Å². The smallest absolute Gasteiger partial charge is 0.317 e. The van der Waals surface area contributed by atoms with Gasteiger partial charge in [-0.25, -0.2) is 0 Å². The molecule has 0 radical (unpaired) electrons. The normalized spacial score (nSPS) is 25.4. The van der Waals surface area contributed by atoms with Gasteiger partial charge in [-0.05, 0) is 51.0 Å². The van der Waals surface area contributed by atoms with E-state index < -0.39 is 5.97 Å². The molecule has 1 aliphatic heterocycles. The highest BCUT2D eigenvalue weighted by molar-refractivity contribution is 5.85. The van der Waals surface area contributed by atoms with Gasteiger partial charge in [0.05, 0.1) is 13.1 Å². The van der Waals surface area contributed by atoms with Gasteiger partial charge in [-0.15, -0.1) is 12.4 Å². The van der Waals surface area contributed by atoms with Crippen LogP contribution in [0.4, 0.5) is 0 Å². The van der Waals surface area contributed by atoms with E-state index in [1.807, 2.05) is 11.8 Å². The Morgan fingerprint density at radius 3 is 2.24 bits per heavy atom. The van der Waals surface area contributed by atoms with Gasteiger partial charge in [-0.1, -0.05) is 13.8 Å². The molecule has 0 bridgehead atoms. The van der Waals surface area contributed by atoms with Gasteiger partial charge >= 0.3 is 5.97 Å². The molecule has 6 nitrogen and oxygen atoms in total. The van der Waals surface area contributed by atoms with Gasteiger partial charge < -0.3 is 10.4 Å². The fourth-order valence-electron chi connectivity index (χ4n) is 4.00. The number of aliphatic carboxylic acids is 1. The number of carbonyl (C=O) groups is 2. The molecule has 1 saturated heterocycles. The molecule has 2 aliphatic rings. The van der Waals surface area contributed by atoms with E-state index in [9.17, 15) is 9.59 Å². The maximum atomic E-state index is 12.2. The third kappa shape index (κ3) is 7.50. The van der Waals surface area contributed by atoms with E-state index in [1.54, 1.807) is 0 Å². The number of halogens is 1. The van der Waals surface area contributed by atoms with Crippen LogP contribution in [0.15, 0.2) is 0 Å². The summed E-state index contributed by atoms with van der Waals surface area (Å²) in [5, 5.41) is 12.2. The van der Waals surface area contributed by atoms with Crippen molar-refractivity contribution in [2.75, 3.05) is 32.7 Å². The predicted octanol–water partition coefficient (Wildman–Crippen LogP) is 1.97. The minimum atomic E-state index is -0.763. The summed E-state index contributed by atoms with van der Waals surface area (Å²) < 4.78 is 0. The van der Waals surface area contributed by atoms with Crippen molar-refractivity contribution in [1.29, 1.82) is 0 Å². The lowest BCUT2D eigenvalue weighted by Gasteiger charge is -2.37. The number of piperidine rings is 1. The van der Waals surface area contributed by atoms with Gasteiger partial charge in [0, 0.05) is 25.2 Å². The van der Waals surface area contributed by atoms with Crippen LogP contribution in [0.5, 0.6) is 0 Å². The summed E-state index contributed by atoms with van der Waals surface area (Å²) in [7, 11) is 0. The lowest BCUT2D eigenvalue weighted by Crippen LogP contribution is -2.49. The summed E-state index contributed by atoms with van der Waals surface area (Å²) in [6, 6.07) is 0.683. The molecule has 1 aliphatic carbocycles. The lowest BCUT2D eigenvalue weighted by molar-refractivity contribution is -0.139. The highest BCUT2D eigenvalue weighted by Crippen LogP contribution is 2.23. The molecule has 7 heteroatoms. The van der Waals surface area contributed by atoms with Gasteiger partial charge in [-0.3, -0.25) is 19.4 Å². The molecule has 0 aromatic heterocycles. The lowest BCUT2D eigenvalue weighted by atomic mass is 9.87. The van der Waals surface area contributed by atoms with Crippen molar-refractivity contribution >= 4 is 24.3 Å². The Morgan fingerprint density at radius 1 is 1.12 bits per heavy atom. The van der Waals surface area contributed by atoms with Crippen LogP contribution in [0, 0.1) is 5.92 Å². The summed E-state index contributed by atoms with van der Waals surface area (Å²) in [6.07, 6.45) is 6.52. The SMILES string of the molecule is CCN(CC(=O)O)C1CCN(CC(=O)NC2CCC(C)CC2)CC1.Cl. The molecule has 25 heavy (non-hydrogen) atoms. The molecule has 146 valence electrons. The average molecular weight is 376 g/mol. The monoisotopic (exact) mass is 375 g/mol. The summed E-state index contributed by atoms with van der Waals surface area (Å²) in [5.41, 5.74) is 0. The first-order chi connectivity index (χ1) is 11.5. The van der Waals surface area contributed by atoms with Crippen LogP contribution < -0.4 is 5.32 Å². The maximum Gasteiger partial charge on any atom is 0.317 e. The molecule has 0 aromatic rings. The Labute approximate surface area is 157 Å². The molecule has 2 N–H and O–H groups in total. The van der Waals surface area contributed by atoms with Crippen LogP contribution >= 0.6 is 12.4 Å². The first-order valence-corrected chi connectivity index (χ1v) is 9.45. The number of carboxylic acid groups (broad SMARTS) is 1. The van der Waals surface area contributed by atoms with Gasteiger partial charge in [0.15, 0.2) is 0 Å². The molecule has 1 saturated carbocycles. The Bertz CT molecular complexity index is 420. The summed E-state index contributed by atoms with van der Waals surface area (Å²) >= 11 is 0. The number of likely N-dealkylation sites (tertiary alicyclic amines) is 1. The molecule has 2 rings (SSSR count). The van der Waals surface area contributed by atoms with Crippen LogP contribution in [0.3, 0.4) is 0 Å². The topological polar surface area (TPSA) is 72.9 Å². The summed E-state index contributed by atoms with van der Waals surface area (Å²) in [5.74, 6) is 0.177. The fraction of sp³-hybridized carbons (Fsp3) is 0.889. The van der Waals surface area contributed by atoms with E-state index in [2.05, 4.69) is 17.1 Å². The zero-order chi connectivity index (χ0) is 17.5. The Kier molecular flexibility index (Phi) is 9.75. The highest BCUT2D eigenvalue weighted by Gasteiger charge is 2.26. The Hall–Kier alpha value is -0.850. The molecule has 0 atom stereocenters. The molecule has 0 unspecified atom stereocenters. The Balaban J connectivity index is 0.00000312. The summed E-state index contributed by atoms with van der Waals surface area (Å²) in [6.45, 7) is 7.38. The number of amides is 1. The predicted molar refractivity (Wildman–Crippen MR) is 101 cm³/mol. The molecule has 2 fully saturated rings. The number of nitrogens with zero attached hydrogens (tertiary/aromatic N) is 2. The average Bonchev–Trinajstić information content (AvgIpc) is 2.55. The van der Waals surface area contributed by atoms with Crippen LogP contribution in [0.25, 0.3) is 0 Å². The quantitative estimate of drug-likeness (QED) is 0.711. The van der Waals surface area contributed by atoms with E-state index >= 15 is 0 Å². The van der Waals surface area contributed by atoms with E-state index in [0.29, 0.717) is 18.6 Å². The third-order valence-corrected chi connectivity index (χ3v) is 5.57. The number of nitrogens with one attached hydrogen (secondary N) is 1. The number of carboxylic acids is 1. The number of hydrogen-bond donors (Lipinski definition) is 2. The first-order valence-electron chi connectivity index (χ1n) is 9.45. The van der Waals surface area contributed by atoms with Crippen molar-refractivity contribution in [1.82, 2.24) is 15.1 Å². The van der Waals surface area contributed by atoms with Crippen molar-refractivity contribution in [2.45, 2.75) is 64.5 Å². The standard InChI is InChI=1S/C18H33N3O3.ClH/c1-3-21(13-18(23)24)16-8-10-20(11-9-16)12-17(22)19-15-6-4-14(2)5-7-15;/h14-16H,3-13H2,1-2H3,(H,19,22)(H,23,24);1H. The second kappa shape index (κ2) is 11.0. The van der Waals surface area contributed by atoms with Gasteiger partial charge in [0.1, 0.15) is 0 Å². The van der Waals surface area contributed by atoms with Crippen LogP contribution in [0.2, 0.25) is 0 Å². The number of rotatable bonds is 7. The van der Waals surface area contributed by atoms with Crippen molar-refractivity contribution in [3.05, 3.63) is 0 Å². The second-order valence-corrected chi connectivity index (χ2v) is 7.49. The van der Waals surface area contributed by atoms with Crippen LogP contribution in [-0.2, 0) is 9.59 Å². The number of hydrogen-bond acceptors (Lipinski definition) is 4. The molecular formula is C18H34ClN3O3. The van der Waals surface area contributed by atoms with E-state index in [-0.39, 0.29) is 24.9 Å². The molecule has 0 spiro atoms. The summed E-state index contributed by atoms with van der Waals surface area (Å²) in [4.78, 5) is 27.4. The minimum Gasteiger partial charge on any atom is -0.480 e. The largest absolute Gasteiger partial charge is 0.480 e. The van der Waals surface area contributed by atoms with Gasteiger partial charge in [-0.2, -0.15) is 0 Å².